The standard InChI is InChI=1S/C11H16N2O2S2/c1-6(2)8-5-17-11(16)13(8)10(15)4-7-3-9(14)12-7/h6-8H,3-5H2,1-2H3,(H,12,14)/t7-,8+/m0/s1. The normalized spacial score (nSPS) is 28.3. The first-order valence-corrected chi connectivity index (χ1v) is 7.16. The van der Waals surface area contributed by atoms with Crippen molar-refractivity contribution in [1.29, 1.82) is 0 Å². The van der Waals surface area contributed by atoms with Crippen LogP contribution in [0.25, 0.3) is 0 Å². The molecular weight excluding hydrogens is 256 g/mol. The van der Waals surface area contributed by atoms with Gasteiger partial charge in [0.2, 0.25) is 11.8 Å². The molecule has 0 radical (unpaired) electrons. The van der Waals surface area contributed by atoms with Crippen molar-refractivity contribution >= 4 is 40.1 Å². The average Bonchev–Trinajstić information content (AvgIpc) is 2.57. The molecule has 1 N–H and O–H groups in total. The Hall–Kier alpha value is -0.620. The molecule has 0 bridgehead atoms. The van der Waals surface area contributed by atoms with Crippen LogP contribution in [0, 0.1) is 5.92 Å². The average molecular weight is 272 g/mol. The maximum Gasteiger partial charge on any atom is 0.230 e. The van der Waals surface area contributed by atoms with Gasteiger partial charge in [0.15, 0.2) is 0 Å². The highest BCUT2D eigenvalue weighted by Crippen LogP contribution is 2.30. The van der Waals surface area contributed by atoms with Gasteiger partial charge in [0.25, 0.3) is 0 Å². The molecule has 0 spiro atoms. The lowest BCUT2D eigenvalue weighted by molar-refractivity contribution is -0.133. The summed E-state index contributed by atoms with van der Waals surface area (Å²) in [5.74, 6) is 1.37. The largest absolute Gasteiger partial charge is 0.352 e. The number of hydrogen-bond acceptors (Lipinski definition) is 4. The molecular formula is C11H16N2O2S2. The molecule has 0 aromatic heterocycles. The monoisotopic (exact) mass is 272 g/mol. The van der Waals surface area contributed by atoms with E-state index in [1.54, 1.807) is 16.7 Å². The first-order valence-electron chi connectivity index (χ1n) is 5.77. The lowest BCUT2D eigenvalue weighted by Crippen LogP contribution is -2.52. The summed E-state index contributed by atoms with van der Waals surface area (Å²) in [6, 6.07) is 0.215. The van der Waals surface area contributed by atoms with E-state index in [1.165, 1.54) is 0 Å². The molecule has 2 fully saturated rings. The minimum atomic E-state index is 0.0104. The summed E-state index contributed by atoms with van der Waals surface area (Å²) in [5, 5.41) is 2.72. The molecule has 6 heteroatoms. The Morgan fingerprint density at radius 3 is 2.82 bits per heavy atom. The van der Waals surface area contributed by atoms with Gasteiger partial charge in [0.1, 0.15) is 4.32 Å². The molecule has 2 aliphatic rings. The summed E-state index contributed by atoms with van der Waals surface area (Å²) in [6.07, 6.45) is 0.835. The molecule has 2 amide bonds. The van der Waals surface area contributed by atoms with Gasteiger partial charge < -0.3 is 5.32 Å². The van der Waals surface area contributed by atoms with Gasteiger partial charge in [0, 0.05) is 30.7 Å². The molecule has 2 heterocycles. The smallest absolute Gasteiger partial charge is 0.230 e. The van der Waals surface area contributed by atoms with Crippen LogP contribution in [-0.4, -0.2) is 38.9 Å². The summed E-state index contributed by atoms with van der Waals surface area (Å²) in [7, 11) is 0. The fourth-order valence-corrected chi connectivity index (χ4v) is 3.74. The number of hydrogen-bond donors (Lipinski definition) is 1. The quantitative estimate of drug-likeness (QED) is 0.618. The Morgan fingerprint density at radius 1 is 1.65 bits per heavy atom. The van der Waals surface area contributed by atoms with Crippen molar-refractivity contribution in [3.63, 3.8) is 0 Å². The maximum atomic E-state index is 12.2. The van der Waals surface area contributed by atoms with Gasteiger partial charge in [0.05, 0.1) is 0 Å². The van der Waals surface area contributed by atoms with Crippen molar-refractivity contribution in [1.82, 2.24) is 10.2 Å². The molecule has 17 heavy (non-hydrogen) atoms. The van der Waals surface area contributed by atoms with Crippen molar-refractivity contribution in [2.75, 3.05) is 5.75 Å². The van der Waals surface area contributed by atoms with E-state index in [0.717, 1.165) is 5.75 Å². The Morgan fingerprint density at radius 2 is 2.29 bits per heavy atom. The fraction of sp³-hybridized carbons (Fsp3) is 0.727. The second-order valence-corrected chi connectivity index (χ2v) is 6.48. The van der Waals surface area contributed by atoms with E-state index in [9.17, 15) is 9.59 Å². The van der Waals surface area contributed by atoms with Gasteiger partial charge in [-0.3, -0.25) is 14.5 Å². The molecule has 0 aromatic carbocycles. The zero-order valence-corrected chi connectivity index (χ0v) is 11.6. The van der Waals surface area contributed by atoms with Crippen molar-refractivity contribution in [3.8, 4) is 0 Å². The van der Waals surface area contributed by atoms with Gasteiger partial charge >= 0.3 is 0 Å². The van der Waals surface area contributed by atoms with Crippen molar-refractivity contribution in [2.45, 2.75) is 38.8 Å². The summed E-state index contributed by atoms with van der Waals surface area (Å²) in [5.41, 5.74) is 0. The second-order valence-electron chi connectivity index (χ2n) is 4.82. The number of rotatable bonds is 3. The van der Waals surface area contributed by atoms with Gasteiger partial charge in [-0.25, -0.2) is 0 Å². The van der Waals surface area contributed by atoms with Crippen LogP contribution < -0.4 is 5.32 Å². The van der Waals surface area contributed by atoms with E-state index in [-0.39, 0.29) is 23.9 Å². The molecule has 0 aromatic rings. The summed E-state index contributed by atoms with van der Waals surface area (Å²) in [6.45, 7) is 4.20. The molecule has 0 aliphatic carbocycles. The molecule has 2 rings (SSSR count). The van der Waals surface area contributed by atoms with Crippen LogP contribution in [0.2, 0.25) is 0 Å². The third kappa shape index (κ3) is 2.63. The highest BCUT2D eigenvalue weighted by atomic mass is 32.2. The first-order chi connectivity index (χ1) is 7.99. The van der Waals surface area contributed by atoms with Gasteiger partial charge in [-0.1, -0.05) is 37.8 Å². The molecule has 94 valence electrons. The molecule has 4 nitrogen and oxygen atoms in total. The van der Waals surface area contributed by atoms with Gasteiger partial charge in [-0.15, -0.1) is 0 Å². The number of thioether (sulfide) groups is 1. The zero-order chi connectivity index (χ0) is 12.6. The Labute approximate surface area is 110 Å². The number of thiocarbonyl (C=S) groups is 1. The number of nitrogens with one attached hydrogen (secondary N) is 1. The van der Waals surface area contributed by atoms with E-state index in [0.29, 0.717) is 23.1 Å². The van der Waals surface area contributed by atoms with E-state index in [2.05, 4.69) is 19.2 Å². The predicted molar refractivity (Wildman–Crippen MR) is 71.7 cm³/mol. The zero-order valence-electron chi connectivity index (χ0n) is 9.93. The molecule has 0 saturated carbocycles. The number of carbonyl (C=O) groups is 2. The Bertz CT molecular complexity index is 362. The number of carbonyl (C=O) groups excluding carboxylic acids is 2. The van der Waals surface area contributed by atoms with E-state index in [1.807, 2.05) is 0 Å². The lowest BCUT2D eigenvalue weighted by Gasteiger charge is -2.31. The van der Waals surface area contributed by atoms with Crippen LogP contribution in [0.1, 0.15) is 26.7 Å². The molecule has 2 aliphatic heterocycles. The van der Waals surface area contributed by atoms with Crippen molar-refractivity contribution in [3.05, 3.63) is 0 Å². The highest BCUT2D eigenvalue weighted by molar-refractivity contribution is 8.23. The minimum absolute atomic E-state index is 0.0104. The molecule has 0 unspecified atom stereocenters. The van der Waals surface area contributed by atoms with Gasteiger partial charge in [-0.2, -0.15) is 0 Å². The summed E-state index contributed by atoms with van der Waals surface area (Å²) < 4.78 is 0.680. The second kappa shape index (κ2) is 4.94. The van der Waals surface area contributed by atoms with E-state index < -0.39 is 0 Å². The summed E-state index contributed by atoms with van der Waals surface area (Å²) >= 11 is 6.80. The van der Waals surface area contributed by atoms with Crippen LogP contribution in [0.4, 0.5) is 0 Å². The Balaban J connectivity index is 1.96. The Kier molecular flexibility index (Phi) is 3.73. The van der Waals surface area contributed by atoms with Crippen LogP contribution in [0.5, 0.6) is 0 Å². The van der Waals surface area contributed by atoms with Crippen LogP contribution in [-0.2, 0) is 9.59 Å². The third-order valence-corrected chi connectivity index (χ3v) is 4.66. The highest BCUT2D eigenvalue weighted by Gasteiger charge is 2.38. The lowest BCUT2D eigenvalue weighted by atomic mass is 10.00. The van der Waals surface area contributed by atoms with E-state index >= 15 is 0 Å². The van der Waals surface area contributed by atoms with Crippen molar-refractivity contribution < 1.29 is 9.59 Å². The number of nitrogens with zero attached hydrogens (tertiary/aromatic N) is 1. The number of amides is 2. The third-order valence-electron chi connectivity index (χ3n) is 3.16. The topological polar surface area (TPSA) is 49.4 Å². The SMILES string of the molecule is CC(C)[C@H]1CSC(=S)N1C(=O)C[C@@H]1CC(=O)N1. The molecule has 2 saturated heterocycles. The number of β-lactam (4-membered cyclic amide) rings is 1. The van der Waals surface area contributed by atoms with Crippen LogP contribution in [0.3, 0.4) is 0 Å². The predicted octanol–water partition coefficient (Wildman–Crippen LogP) is 1.15. The van der Waals surface area contributed by atoms with Gasteiger partial charge in [-0.05, 0) is 5.92 Å². The van der Waals surface area contributed by atoms with E-state index in [4.69, 9.17) is 12.2 Å². The first kappa shape index (κ1) is 12.8. The van der Waals surface area contributed by atoms with Crippen LogP contribution in [0.15, 0.2) is 0 Å². The maximum absolute atomic E-state index is 12.2. The summed E-state index contributed by atoms with van der Waals surface area (Å²) in [4.78, 5) is 24.7. The minimum Gasteiger partial charge on any atom is -0.352 e. The van der Waals surface area contributed by atoms with Crippen LogP contribution >= 0.6 is 24.0 Å². The fourth-order valence-electron chi connectivity index (χ4n) is 2.08. The van der Waals surface area contributed by atoms with Crippen molar-refractivity contribution in [2.24, 2.45) is 5.92 Å². The molecule has 2 atom stereocenters.